The number of carbonyl (C=O) groups is 1. The van der Waals surface area contributed by atoms with E-state index in [0.29, 0.717) is 27.0 Å². The van der Waals surface area contributed by atoms with Crippen molar-refractivity contribution in [3.05, 3.63) is 51.8 Å². The maximum absolute atomic E-state index is 12.2. The normalized spacial score (nSPS) is 9.90. The highest BCUT2D eigenvalue weighted by Crippen LogP contribution is 2.21. The highest BCUT2D eigenvalue weighted by Gasteiger charge is 2.13. The summed E-state index contributed by atoms with van der Waals surface area (Å²) in [6.45, 7) is -0.271. The van der Waals surface area contributed by atoms with Gasteiger partial charge < -0.3 is 15.0 Å². The molecule has 0 unspecified atom stereocenters. The molecule has 1 amide bonds. The second kappa shape index (κ2) is 6.68. The molecule has 0 saturated heterocycles. The van der Waals surface area contributed by atoms with E-state index in [0.717, 1.165) is 0 Å². The van der Waals surface area contributed by atoms with Gasteiger partial charge in [0, 0.05) is 23.8 Å². The topological polar surface area (TPSA) is 54.3 Å². The first-order valence-electron chi connectivity index (χ1n) is 6.03. The zero-order valence-electron chi connectivity index (χ0n) is 11.2. The predicted molar refractivity (Wildman–Crippen MR) is 83.8 cm³/mol. The zero-order chi connectivity index (χ0) is 15.4. The quantitative estimate of drug-likeness (QED) is 0.835. The van der Waals surface area contributed by atoms with Crippen LogP contribution in [0.2, 0.25) is 10.0 Å². The number of nitrogens with zero attached hydrogens (tertiary/aromatic N) is 1. The van der Waals surface area contributed by atoms with Crippen molar-refractivity contribution in [2.24, 2.45) is 7.05 Å². The van der Waals surface area contributed by atoms with Crippen molar-refractivity contribution < 1.29 is 9.90 Å². The minimum absolute atomic E-state index is 0.271. The smallest absolute Gasteiger partial charge is 0.272 e. The molecule has 2 N–H and O–H groups in total. The molecule has 0 bridgehead atoms. The summed E-state index contributed by atoms with van der Waals surface area (Å²) in [6, 6.07) is 6.51. The van der Waals surface area contributed by atoms with Gasteiger partial charge in [-0.05, 0) is 24.3 Å². The van der Waals surface area contributed by atoms with Crippen LogP contribution in [0.15, 0.2) is 30.5 Å². The Morgan fingerprint density at radius 1 is 1.33 bits per heavy atom. The molecule has 21 heavy (non-hydrogen) atoms. The van der Waals surface area contributed by atoms with Gasteiger partial charge in [0.2, 0.25) is 0 Å². The predicted octanol–water partition coefficient (Wildman–Crippen LogP) is 2.93. The van der Waals surface area contributed by atoms with E-state index in [1.807, 2.05) is 0 Å². The van der Waals surface area contributed by atoms with Gasteiger partial charge in [-0.1, -0.05) is 35.0 Å². The maximum Gasteiger partial charge on any atom is 0.272 e. The zero-order valence-corrected chi connectivity index (χ0v) is 12.7. The van der Waals surface area contributed by atoms with Crippen LogP contribution in [0.1, 0.15) is 16.1 Å². The molecule has 0 saturated carbocycles. The van der Waals surface area contributed by atoms with Gasteiger partial charge in [0.15, 0.2) is 0 Å². The van der Waals surface area contributed by atoms with Crippen LogP contribution in [-0.4, -0.2) is 22.2 Å². The van der Waals surface area contributed by atoms with Gasteiger partial charge in [-0.2, -0.15) is 0 Å². The Morgan fingerprint density at radius 2 is 2.10 bits per heavy atom. The summed E-state index contributed by atoms with van der Waals surface area (Å²) in [5.41, 5.74) is 1.48. The van der Waals surface area contributed by atoms with Crippen LogP contribution in [0.25, 0.3) is 0 Å². The van der Waals surface area contributed by atoms with Crippen molar-refractivity contribution in [2.45, 2.75) is 0 Å². The minimum atomic E-state index is -0.307. The first-order chi connectivity index (χ1) is 10.0. The minimum Gasteiger partial charge on any atom is -0.384 e. The molecule has 0 fully saturated rings. The largest absolute Gasteiger partial charge is 0.384 e. The van der Waals surface area contributed by atoms with Crippen LogP contribution in [0, 0.1) is 11.8 Å². The molecule has 2 rings (SSSR count). The Hall–Kier alpha value is -1.93. The van der Waals surface area contributed by atoms with Crippen LogP contribution in [0.4, 0.5) is 5.69 Å². The Labute approximate surface area is 132 Å². The first kappa shape index (κ1) is 15.5. The molecule has 1 heterocycles. The second-order valence-electron chi connectivity index (χ2n) is 4.26. The van der Waals surface area contributed by atoms with Crippen LogP contribution < -0.4 is 5.32 Å². The molecule has 6 heteroatoms. The molecule has 0 spiro atoms. The number of aryl methyl sites for hydroxylation is 1. The molecule has 0 aliphatic carbocycles. The molecule has 108 valence electrons. The number of carbonyl (C=O) groups excluding carboxylic acids is 1. The van der Waals surface area contributed by atoms with E-state index >= 15 is 0 Å². The van der Waals surface area contributed by atoms with Crippen molar-refractivity contribution in [1.29, 1.82) is 0 Å². The van der Waals surface area contributed by atoms with Gasteiger partial charge in [-0.3, -0.25) is 4.79 Å². The molecule has 4 nitrogen and oxygen atoms in total. The van der Waals surface area contributed by atoms with Crippen LogP contribution in [-0.2, 0) is 7.05 Å². The Kier molecular flexibility index (Phi) is 4.92. The molecule has 0 aliphatic rings. The molecule has 0 aliphatic heterocycles. The van der Waals surface area contributed by atoms with Gasteiger partial charge >= 0.3 is 0 Å². The number of anilines is 1. The van der Waals surface area contributed by atoms with Crippen molar-refractivity contribution in [2.75, 3.05) is 11.9 Å². The SMILES string of the molecule is Cn1cc(Cl)cc1C(=O)Nc1ccc(Cl)cc1C#CCO. The lowest BCUT2D eigenvalue weighted by molar-refractivity contribution is 0.101. The number of hydrogen-bond acceptors (Lipinski definition) is 2. The second-order valence-corrected chi connectivity index (χ2v) is 5.13. The average molecular weight is 323 g/mol. The number of aliphatic hydroxyl groups excluding tert-OH is 1. The molecule has 0 radical (unpaired) electrons. The number of aliphatic hydroxyl groups is 1. The van der Waals surface area contributed by atoms with Crippen LogP contribution in [0.5, 0.6) is 0 Å². The van der Waals surface area contributed by atoms with E-state index in [1.54, 1.807) is 42.1 Å². The Morgan fingerprint density at radius 3 is 2.71 bits per heavy atom. The number of benzene rings is 1. The van der Waals surface area contributed by atoms with E-state index in [2.05, 4.69) is 17.2 Å². The standard InChI is InChI=1S/C15H12Cl2N2O2/c1-19-9-12(17)8-14(19)15(21)18-13-5-4-11(16)7-10(13)3-2-6-20/h4-5,7-9,20H,6H2,1H3,(H,18,21). The van der Waals surface area contributed by atoms with E-state index < -0.39 is 0 Å². The van der Waals surface area contributed by atoms with Crippen molar-refractivity contribution >= 4 is 34.8 Å². The summed E-state index contributed by atoms with van der Waals surface area (Å²) < 4.78 is 1.63. The van der Waals surface area contributed by atoms with Gasteiger partial charge in [-0.15, -0.1) is 0 Å². The number of halogens is 2. The monoisotopic (exact) mass is 322 g/mol. The average Bonchev–Trinajstić information content (AvgIpc) is 2.78. The third-order valence-corrected chi connectivity index (χ3v) is 3.18. The summed E-state index contributed by atoms with van der Waals surface area (Å²) in [6.07, 6.45) is 1.64. The summed E-state index contributed by atoms with van der Waals surface area (Å²) in [4.78, 5) is 12.2. The fraction of sp³-hybridized carbons (Fsp3) is 0.133. The van der Waals surface area contributed by atoms with Gasteiger partial charge in [-0.25, -0.2) is 0 Å². The number of aromatic nitrogens is 1. The van der Waals surface area contributed by atoms with E-state index in [9.17, 15) is 4.79 Å². The number of amides is 1. The third kappa shape index (κ3) is 3.79. The lowest BCUT2D eigenvalue weighted by atomic mass is 10.1. The number of rotatable bonds is 2. The van der Waals surface area contributed by atoms with E-state index in [-0.39, 0.29) is 12.5 Å². The highest BCUT2D eigenvalue weighted by atomic mass is 35.5. The van der Waals surface area contributed by atoms with Crippen LogP contribution in [0.3, 0.4) is 0 Å². The van der Waals surface area contributed by atoms with Gasteiger partial charge in [0.1, 0.15) is 12.3 Å². The summed E-state index contributed by atoms with van der Waals surface area (Å²) in [7, 11) is 1.73. The lowest BCUT2D eigenvalue weighted by Crippen LogP contribution is -2.16. The van der Waals surface area contributed by atoms with Crippen molar-refractivity contribution in [1.82, 2.24) is 4.57 Å². The number of nitrogens with one attached hydrogen (secondary N) is 1. The maximum atomic E-state index is 12.2. The first-order valence-corrected chi connectivity index (χ1v) is 6.79. The molecule has 1 aromatic heterocycles. The fourth-order valence-electron chi connectivity index (χ4n) is 1.80. The van der Waals surface area contributed by atoms with Crippen molar-refractivity contribution in [3.8, 4) is 11.8 Å². The third-order valence-electron chi connectivity index (χ3n) is 2.74. The van der Waals surface area contributed by atoms with E-state index in [4.69, 9.17) is 28.3 Å². The Bertz CT molecular complexity index is 742. The molecular formula is C15H12Cl2N2O2. The highest BCUT2D eigenvalue weighted by molar-refractivity contribution is 6.31. The van der Waals surface area contributed by atoms with Crippen LogP contribution >= 0.6 is 23.2 Å². The van der Waals surface area contributed by atoms with Gasteiger partial charge in [0.25, 0.3) is 5.91 Å². The van der Waals surface area contributed by atoms with E-state index in [1.165, 1.54) is 0 Å². The van der Waals surface area contributed by atoms with Gasteiger partial charge in [0.05, 0.1) is 10.7 Å². The fourth-order valence-corrected chi connectivity index (χ4v) is 2.22. The summed E-state index contributed by atoms with van der Waals surface area (Å²) >= 11 is 11.8. The van der Waals surface area contributed by atoms with Crippen molar-refractivity contribution in [3.63, 3.8) is 0 Å². The molecule has 0 atom stereocenters. The Balaban J connectivity index is 2.31. The number of hydrogen-bond donors (Lipinski definition) is 2. The molecule has 2 aromatic rings. The lowest BCUT2D eigenvalue weighted by Gasteiger charge is -2.08. The molecule has 1 aromatic carbocycles. The molecular weight excluding hydrogens is 311 g/mol. The summed E-state index contributed by atoms with van der Waals surface area (Å²) in [5.74, 6) is 4.97. The summed E-state index contributed by atoms with van der Waals surface area (Å²) in [5, 5.41) is 12.5.